The molecule has 0 unspecified atom stereocenters. The van der Waals surface area contributed by atoms with E-state index in [0.29, 0.717) is 5.92 Å². The van der Waals surface area contributed by atoms with Crippen molar-refractivity contribution in [1.29, 1.82) is 0 Å². The number of rotatable bonds is 3. The second kappa shape index (κ2) is 5.50. The fourth-order valence-corrected chi connectivity index (χ4v) is 2.21. The van der Waals surface area contributed by atoms with E-state index in [1.165, 1.54) is 7.05 Å². The van der Waals surface area contributed by atoms with Crippen LogP contribution >= 0.6 is 0 Å². The Hall–Kier alpha value is -1.39. The van der Waals surface area contributed by atoms with Gasteiger partial charge in [0, 0.05) is 13.1 Å². The van der Waals surface area contributed by atoms with Gasteiger partial charge in [-0.25, -0.2) is 8.78 Å². The van der Waals surface area contributed by atoms with E-state index >= 15 is 0 Å². The molecule has 0 bridgehead atoms. The third-order valence-electron chi connectivity index (χ3n) is 3.38. The van der Waals surface area contributed by atoms with E-state index in [4.69, 9.17) is 4.74 Å². The first-order valence-corrected chi connectivity index (χ1v) is 6.30. The van der Waals surface area contributed by atoms with E-state index in [-0.39, 0.29) is 17.8 Å². The number of hydrogen-bond donors (Lipinski definition) is 1. The molecule has 1 N–H and O–H groups in total. The molecule has 0 aliphatic heterocycles. The lowest BCUT2D eigenvalue weighted by molar-refractivity contribution is 0.124. The van der Waals surface area contributed by atoms with Gasteiger partial charge in [0.05, 0.1) is 0 Å². The number of nitrogens with one attached hydrogen (secondary N) is 1. The maximum atomic E-state index is 13.5. The maximum Gasteiger partial charge on any atom is 0.252 e. The summed E-state index contributed by atoms with van der Waals surface area (Å²) < 4.78 is 32.3. The van der Waals surface area contributed by atoms with Crippen LogP contribution in [0, 0.1) is 17.6 Å². The Morgan fingerprint density at radius 2 is 1.89 bits per heavy atom. The molecule has 3 nitrogen and oxygen atoms in total. The smallest absolute Gasteiger partial charge is 0.252 e. The number of aromatic nitrogens is 1. The Balaban J connectivity index is 2.09. The summed E-state index contributed by atoms with van der Waals surface area (Å²) in [6.07, 6.45) is 3.93. The number of anilines is 1. The van der Waals surface area contributed by atoms with Gasteiger partial charge in [0.15, 0.2) is 17.5 Å². The third kappa shape index (κ3) is 2.89. The van der Waals surface area contributed by atoms with Crippen molar-refractivity contribution in [3.8, 4) is 5.88 Å². The standard InChI is InChI=1S/C13H18F2N2O/c1-8-3-5-9(6-4-8)18-13-11(15)7-10(14)12(16-2)17-13/h7-9H,3-6H2,1-2H3,(H,16,17). The Morgan fingerprint density at radius 3 is 2.50 bits per heavy atom. The summed E-state index contributed by atoms with van der Waals surface area (Å²) in [7, 11) is 1.54. The first-order valence-electron chi connectivity index (χ1n) is 6.30. The second-order valence-corrected chi connectivity index (χ2v) is 4.86. The maximum absolute atomic E-state index is 13.5. The van der Waals surface area contributed by atoms with Crippen molar-refractivity contribution in [3.63, 3.8) is 0 Å². The molecular formula is C13H18F2N2O. The second-order valence-electron chi connectivity index (χ2n) is 4.86. The average molecular weight is 256 g/mol. The Morgan fingerprint density at radius 1 is 1.22 bits per heavy atom. The monoisotopic (exact) mass is 256 g/mol. The predicted octanol–water partition coefficient (Wildman–Crippen LogP) is 3.36. The third-order valence-corrected chi connectivity index (χ3v) is 3.38. The lowest BCUT2D eigenvalue weighted by atomic mass is 9.89. The first kappa shape index (κ1) is 13.1. The number of nitrogens with zero attached hydrogens (tertiary/aromatic N) is 1. The fourth-order valence-electron chi connectivity index (χ4n) is 2.21. The molecule has 0 amide bonds. The molecule has 1 heterocycles. The van der Waals surface area contributed by atoms with Crippen LogP contribution in [-0.2, 0) is 0 Å². The minimum atomic E-state index is -0.745. The van der Waals surface area contributed by atoms with Gasteiger partial charge >= 0.3 is 0 Å². The Bertz CT molecular complexity index is 418. The molecule has 18 heavy (non-hydrogen) atoms. The number of hydrogen-bond acceptors (Lipinski definition) is 3. The van der Waals surface area contributed by atoms with Crippen LogP contribution in [0.1, 0.15) is 32.6 Å². The molecular weight excluding hydrogens is 238 g/mol. The minimum Gasteiger partial charge on any atom is -0.472 e. The van der Waals surface area contributed by atoms with E-state index in [1.807, 2.05) is 0 Å². The largest absolute Gasteiger partial charge is 0.472 e. The molecule has 1 saturated carbocycles. The van der Waals surface area contributed by atoms with Crippen LogP contribution in [-0.4, -0.2) is 18.1 Å². The SMILES string of the molecule is CNc1nc(OC2CCC(C)CC2)c(F)cc1F. The van der Waals surface area contributed by atoms with Gasteiger partial charge in [-0.15, -0.1) is 0 Å². The zero-order chi connectivity index (χ0) is 13.1. The molecule has 5 heteroatoms. The summed E-state index contributed by atoms with van der Waals surface area (Å²) in [6.45, 7) is 2.20. The molecule has 0 saturated heterocycles. The average Bonchev–Trinajstić information content (AvgIpc) is 2.35. The van der Waals surface area contributed by atoms with Gasteiger partial charge in [-0.3, -0.25) is 0 Å². The van der Waals surface area contributed by atoms with Crippen LogP contribution in [0.15, 0.2) is 6.07 Å². The van der Waals surface area contributed by atoms with Gasteiger partial charge in [-0.05, 0) is 31.6 Å². The topological polar surface area (TPSA) is 34.2 Å². The van der Waals surface area contributed by atoms with Crippen molar-refractivity contribution in [2.24, 2.45) is 5.92 Å². The minimum absolute atomic E-state index is 0.00979. The van der Waals surface area contributed by atoms with Crippen molar-refractivity contribution in [2.75, 3.05) is 12.4 Å². The van der Waals surface area contributed by atoms with Crippen LogP contribution in [0.3, 0.4) is 0 Å². The summed E-state index contributed by atoms with van der Waals surface area (Å²) in [6, 6.07) is 0.805. The molecule has 0 aromatic carbocycles. The van der Waals surface area contributed by atoms with E-state index < -0.39 is 11.6 Å². The molecule has 100 valence electrons. The molecule has 1 aliphatic rings. The number of pyridine rings is 1. The van der Waals surface area contributed by atoms with Gasteiger partial charge in [-0.2, -0.15) is 4.98 Å². The van der Waals surface area contributed by atoms with Crippen LogP contribution in [0.4, 0.5) is 14.6 Å². The van der Waals surface area contributed by atoms with Gasteiger partial charge in [0.1, 0.15) is 6.10 Å². The zero-order valence-corrected chi connectivity index (χ0v) is 10.7. The van der Waals surface area contributed by atoms with E-state index in [2.05, 4.69) is 17.2 Å². The highest BCUT2D eigenvalue weighted by Gasteiger charge is 2.22. The number of ether oxygens (including phenoxy) is 1. The van der Waals surface area contributed by atoms with Crippen LogP contribution in [0.2, 0.25) is 0 Å². The molecule has 0 atom stereocenters. The lowest BCUT2D eigenvalue weighted by Gasteiger charge is -2.26. The summed E-state index contributed by atoms with van der Waals surface area (Å²) in [4.78, 5) is 3.82. The van der Waals surface area contributed by atoms with Gasteiger partial charge in [0.2, 0.25) is 0 Å². The summed E-state index contributed by atoms with van der Waals surface area (Å²) in [5.41, 5.74) is 0. The zero-order valence-electron chi connectivity index (χ0n) is 10.7. The van der Waals surface area contributed by atoms with Crippen molar-refractivity contribution in [1.82, 2.24) is 4.98 Å². The van der Waals surface area contributed by atoms with E-state index in [9.17, 15) is 8.78 Å². The van der Waals surface area contributed by atoms with Crippen molar-refractivity contribution in [2.45, 2.75) is 38.7 Å². The molecule has 1 aliphatic carbocycles. The molecule has 0 spiro atoms. The first-order chi connectivity index (χ1) is 8.60. The van der Waals surface area contributed by atoms with Crippen LogP contribution in [0.25, 0.3) is 0 Å². The quantitative estimate of drug-likeness (QED) is 0.900. The highest BCUT2D eigenvalue weighted by Crippen LogP contribution is 2.28. The summed E-state index contributed by atoms with van der Waals surface area (Å²) in [5, 5.41) is 2.57. The Labute approximate surface area is 106 Å². The van der Waals surface area contributed by atoms with Gasteiger partial charge in [-0.1, -0.05) is 6.92 Å². The molecule has 1 aromatic heterocycles. The lowest BCUT2D eigenvalue weighted by Crippen LogP contribution is -2.24. The molecule has 0 radical (unpaired) electrons. The molecule has 2 rings (SSSR count). The highest BCUT2D eigenvalue weighted by molar-refractivity contribution is 5.38. The summed E-state index contributed by atoms with van der Waals surface area (Å²) >= 11 is 0. The van der Waals surface area contributed by atoms with Gasteiger partial charge < -0.3 is 10.1 Å². The predicted molar refractivity (Wildman–Crippen MR) is 65.7 cm³/mol. The van der Waals surface area contributed by atoms with Crippen molar-refractivity contribution >= 4 is 5.82 Å². The van der Waals surface area contributed by atoms with Crippen LogP contribution < -0.4 is 10.1 Å². The normalized spacial score (nSPS) is 23.8. The van der Waals surface area contributed by atoms with Crippen molar-refractivity contribution < 1.29 is 13.5 Å². The van der Waals surface area contributed by atoms with E-state index in [0.717, 1.165) is 31.7 Å². The van der Waals surface area contributed by atoms with Gasteiger partial charge in [0.25, 0.3) is 5.88 Å². The number of halogens is 2. The molecule has 1 fully saturated rings. The highest BCUT2D eigenvalue weighted by atomic mass is 19.1. The Kier molecular flexibility index (Phi) is 3.99. The summed E-state index contributed by atoms with van der Waals surface area (Å²) in [5.74, 6) is -0.857. The fraction of sp³-hybridized carbons (Fsp3) is 0.615. The van der Waals surface area contributed by atoms with Crippen molar-refractivity contribution in [3.05, 3.63) is 17.7 Å². The van der Waals surface area contributed by atoms with Crippen LogP contribution in [0.5, 0.6) is 5.88 Å². The molecule has 1 aromatic rings. The van der Waals surface area contributed by atoms with E-state index in [1.54, 1.807) is 0 Å².